The van der Waals surface area contributed by atoms with Crippen LogP contribution in [0.5, 0.6) is 0 Å². The molecular formula is C15H24BrN. The van der Waals surface area contributed by atoms with E-state index >= 15 is 0 Å². The molecule has 1 nitrogen and oxygen atoms in total. The summed E-state index contributed by atoms with van der Waals surface area (Å²) in [5.41, 5.74) is 5.75. The fourth-order valence-electron chi connectivity index (χ4n) is 2.04. The van der Waals surface area contributed by atoms with Crippen molar-refractivity contribution in [2.75, 3.05) is 14.1 Å². The van der Waals surface area contributed by atoms with Crippen LogP contribution in [-0.4, -0.2) is 19.0 Å². The van der Waals surface area contributed by atoms with Crippen molar-refractivity contribution in [3.8, 4) is 0 Å². The Bertz CT molecular complexity index is 379. The number of hydrogen-bond acceptors (Lipinski definition) is 1. The van der Waals surface area contributed by atoms with Gasteiger partial charge in [-0.3, -0.25) is 4.90 Å². The lowest BCUT2D eigenvalue weighted by Crippen LogP contribution is -2.18. The average Bonchev–Trinajstić information content (AvgIpc) is 2.14. The zero-order valence-electron chi connectivity index (χ0n) is 12.1. The lowest BCUT2D eigenvalue weighted by Gasteiger charge is -2.26. The smallest absolute Gasteiger partial charge is 0.0911 e. The third-order valence-corrected chi connectivity index (χ3v) is 4.43. The van der Waals surface area contributed by atoms with Gasteiger partial charge >= 0.3 is 0 Å². The molecule has 0 fully saturated rings. The predicted molar refractivity (Wildman–Crippen MR) is 80.0 cm³/mol. The summed E-state index contributed by atoms with van der Waals surface area (Å²) in [6.07, 6.45) is 0. The number of halogens is 1. The maximum atomic E-state index is 3.75. The Morgan fingerprint density at radius 2 is 1.47 bits per heavy atom. The van der Waals surface area contributed by atoms with E-state index in [1.165, 1.54) is 22.3 Å². The number of rotatable bonds is 2. The van der Waals surface area contributed by atoms with Crippen LogP contribution in [0.2, 0.25) is 0 Å². The van der Waals surface area contributed by atoms with E-state index in [-0.39, 0.29) is 10.4 Å². The van der Waals surface area contributed by atoms with Crippen LogP contribution >= 0.6 is 15.9 Å². The highest BCUT2D eigenvalue weighted by molar-refractivity contribution is 9.09. The maximum absolute atomic E-state index is 3.75. The van der Waals surface area contributed by atoms with Crippen LogP contribution in [0.4, 0.5) is 0 Å². The molecule has 0 aliphatic rings. The molecule has 0 bridgehead atoms. The first-order chi connectivity index (χ1) is 7.64. The quantitative estimate of drug-likeness (QED) is 0.571. The predicted octanol–water partition coefficient (Wildman–Crippen LogP) is 4.56. The van der Waals surface area contributed by atoms with Gasteiger partial charge in [0.1, 0.15) is 0 Å². The van der Waals surface area contributed by atoms with E-state index in [9.17, 15) is 0 Å². The highest BCUT2D eigenvalue weighted by Gasteiger charge is 2.20. The molecular weight excluding hydrogens is 274 g/mol. The van der Waals surface area contributed by atoms with E-state index in [1.54, 1.807) is 0 Å². The Morgan fingerprint density at radius 1 is 1.06 bits per heavy atom. The van der Waals surface area contributed by atoms with Gasteiger partial charge in [0.15, 0.2) is 0 Å². The summed E-state index contributed by atoms with van der Waals surface area (Å²) in [6, 6.07) is 4.64. The Balaban J connectivity index is 3.29. The normalized spacial score (nSPS) is 14.2. The average molecular weight is 298 g/mol. The molecule has 2 heteroatoms. The lowest BCUT2D eigenvalue weighted by atomic mass is 9.84. The van der Waals surface area contributed by atoms with Gasteiger partial charge in [0.05, 0.1) is 4.95 Å². The Kier molecular flexibility index (Phi) is 4.43. The fourth-order valence-corrected chi connectivity index (χ4v) is 2.76. The minimum atomic E-state index is 0.216. The summed E-state index contributed by atoms with van der Waals surface area (Å²) in [7, 11) is 4.19. The molecule has 0 saturated heterocycles. The van der Waals surface area contributed by atoms with Gasteiger partial charge in [-0.15, -0.1) is 0 Å². The van der Waals surface area contributed by atoms with Gasteiger partial charge < -0.3 is 0 Å². The largest absolute Gasteiger partial charge is 0.293 e. The summed E-state index contributed by atoms with van der Waals surface area (Å²) in [4.78, 5) is 2.48. The Morgan fingerprint density at radius 3 is 1.76 bits per heavy atom. The van der Waals surface area contributed by atoms with Gasteiger partial charge in [0.25, 0.3) is 0 Å². The van der Waals surface area contributed by atoms with E-state index in [0.29, 0.717) is 0 Å². The van der Waals surface area contributed by atoms with Crippen LogP contribution in [0.25, 0.3) is 0 Å². The summed E-state index contributed by atoms with van der Waals surface area (Å²) in [5.74, 6) is 0. The van der Waals surface area contributed by atoms with Crippen LogP contribution in [-0.2, 0) is 5.41 Å². The molecule has 96 valence electrons. The number of benzene rings is 1. The van der Waals surface area contributed by atoms with Crippen molar-refractivity contribution in [1.29, 1.82) is 0 Å². The standard InChI is InChI=1S/C15H24BrN/c1-10-8-12(15(3,4)5)9-11(2)13(10)14(16)17(6)7/h8-9,14H,1-7H3. The second-order valence-electron chi connectivity index (χ2n) is 6.07. The van der Waals surface area contributed by atoms with E-state index in [2.05, 4.69) is 81.7 Å². The number of hydrogen-bond donors (Lipinski definition) is 0. The molecule has 1 atom stereocenters. The van der Waals surface area contributed by atoms with Crippen LogP contribution in [0.15, 0.2) is 12.1 Å². The molecule has 0 amide bonds. The van der Waals surface area contributed by atoms with Crippen molar-refractivity contribution >= 4 is 15.9 Å². The maximum Gasteiger partial charge on any atom is 0.0911 e. The number of nitrogens with zero attached hydrogens (tertiary/aromatic N) is 1. The summed E-state index contributed by atoms with van der Waals surface area (Å²) < 4.78 is 0. The van der Waals surface area contributed by atoms with Crippen molar-refractivity contribution in [3.63, 3.8) is 0 Å². The zero-order chi connectivity index (χ0) is 13.4. The van der Waals surface area contributed by atoms with E-state index in [1.807, 2.05) is 0 Å². The molecule has 0 spiro atoms. The van der Waals surface area contributed by atoms with E-state index < -0.39 is 0 Å². The highest BCUT2D eigenvalue weighted by atomic mass is 79.9. The second kappa shape index (κ2) is 5.11. The molecule has 0 N–H and O–H groups in total. The molecule has 0 heterocycles. The SMILES string of the molecule is Cc1cc(C(C)(C)C)cc(C)c1C(Br)N(C)C. The van der Waals surface area contributed by atoms with Crippen molar-refractivity contribution < 1.29 is 0 Å². The monoisotopic (exact) mass is 297 g/mol. The molecule has 0 saturated carbocycles. The van der Waals surface area contributed by atoms with Crippen molar-refractivity contribution in [2.24, 2.45) is 0 Å². The zero-order valence-corrected chi connectivity index (χ0v) is 13.6. The molecule has 1 aromatic carbocycles. The van der Waals surface area contributed by atoms with Crippen molar-refractivity contribution in [2.45, 2.75) is 45.0 Å². The van der Waals surface area contributed by atoms with Crippen LogP contribution < -0.4 is 0 Å². The van der Waals surface area contributed by atoms with Crippen molar-refractivity contribution in [3.05, 3.63) is 34.4 Å². The molecule has 1 unspecified atom stereocenters. The van der Waals surface area contributed by atoms with Gasteiger partial charge in [-0.25, -0.2) is 0 Å². The molecule has 0 radical (unpaired) electrons. The number of aryl methyl sites for hydroxylation is 2. The van der Waals surface area contributed by atoms with Gasteiger partial charge in [0, 0.05) is 0 Å². The molecule has 1 rings (SSSR count). The third kappa shape index (κ3) is 3.32. The summed E-state index contributed by atoms with van der Waals surface area (Å²) >= 11 is 3.75. The van der Waals surface area contributed by atoms with Crippen molar-refractivity contribution in [1.82, 2.24) is 4.90 Å². The molecule has 0 aromatic heterocycles. The first kappa shape index (κ1) is 14.7. The summed E-state index contributed by atoms with van der Waals surface area (Å²) in [5, 5.41) is 0. The minimum Gasteiger partial charge on any atom is -0.293 e. The molecule has 1 aromatic rings. The second-order valence-corrected chi connectivity index (χ2v) is 6.94. The van der Waals surface area contributed by atoms with E-state index in [4.69, 9.17) is 0 Å². The van der Waals surface area contributed by atoms with Crippen LogP contribution in [0.1, 0.15) is 48.0 Å². The first-order valence-corrected chi connectivity index (χ1v) is 6.98. The topological polar surface area (TPSA) is 3.24 Å². The van der Waals surface area contributed by atoms with E-state index in [0.717, 1.165) is 0 Å². The number of alkyl halides is 1. The van der Waals surface area contributed by atoms with Gasteiger partial charge in [-0.1, -0.05) is 48.8 Å². The van der Waals surface area contributed by atoms with Crippen LogP contribution in [0, 0.1) is 13.8 Å². The molecule has 0 aliphatic heterocycles. The molecule has 0 aliphatic carbocycles. The van der Waals surface area contributed by atoms with Gasteiger partial charge in [-0.05, 0) is 55.6 Å². The Hall–Kier alpha value is -0.340. The lowest BCUT2D eigenvalue weighted by molar-refractivity contribution is 0.395. The fraction of sp³-hybridized carbons (Fsp3) is 0.600. The molecule has 17 heavy (non-hydrogen) atoms. The Labute approximate surface area is 114 Å². The third-order valence-electron chi connectivity index (χ3n) is 3.15. The van der Waals surface area contributed by atoms with Gasteiger partial charge in [0.2, 0.25) is 0 Å². The first-order valence-electron chi connectivity index (χ1n) is 6.06. The summed E-state index contributed by atoms with van der Waals surface area (Å²) in [6.45, 7) is 11.2. The van der Waals surface area contributed by atoms with Crippen LogP contribution in [0.3, 0.4) is 0 Å². The minimum absolute atomic E-state index is 0.216. The van der Waals surface area contributed by atoms with Gasteiger partial charge in [-0.2, -0.15) is 0 Å². The highest BCUT2D eigenvalue weighted by Crippen LogP contribution is 2.34.